The van der Waals surface area contributed by atoms with Crippen LogP contribution in [0.3, 0.4) is 0 Å². The molecule has 1 heterocycles. The van der Waals surface area contributed by atoms with Crippen molar-refractivity contribution in [3.05, 3.63) is 23.0 Å². The summed E-state index contributed by atoms with van der Waals surface area (Å²) in [6.45, 7) is 6.30. The number of pyridine rings is 1. The lowest BCUT2D eigenvalue weighted by Crippen LogP contribution is -2.33. The minimum absolute atomic E-state index is 0.109. The maximum atomic E-state index is 12.0. The summed E-state index contributed by atoms with van der Waals surface area (Å²) in [6.07, 6.45) is 3.45. The number of hydrogen-bond donors (Lipinski definition) is 2. The Morgan fingerprint density at radius 1 is 1.44 bits per heavy atom. The van der Waals surface area contributed by atoms with Crippen LogP contribution in [0.2, 0.25) is 5.15 Å². The summed E-state index contributed by atoms with van der Waals surface area (Å²) >= 11 is 5.87. The van der Waals surface area contributed by atoms with Crippen molar-refractivity contribution in [2.75, 3.05) is 5.73 Å². The average molecular weight is 270 g/mol. The van der Waals surface area contributed by atoms with Gasteiger partial charge in [0.25, 0.3) is 5.91 Å². The van der Waals surface area contributed by atoms with Crippen molar-refractivity contribution in [3.8, 4) is 0 Å². The highest BCUT2D eigenvalue weighted by Gasteiger charge is 2.14. The van der Waals surface area contributed by atoms with Gasteiger partial charge >= 0.3 is 0 Å². The third kappa shape index (κ3) is 4.53. The molecule has 0 fully saturated rings. The summed E-state index contributed by atoms with van der Waals surface area (Å²) in [6, 6.07) is 1.65. The molecule has 3 N–H and O–H groups in total. The monoisotopic (exact) mass is 269 g/mol. The van der Waals surface area contributed by atoms with E-state index in [0.29, 0.717) is 17.2 Å². The molecule has 5 heteroatoms. The van der Waals surface area contributed by atoms with Crippen LogP contribution in [0.15, 0.2) is 12.3 Å². The Bertz CT molecular complexity index is 421. The number of carbonyl (C=O) groups is 1. The quantitative estimate of drug-likeness (QED) is 0.808. The SMILES string of the molecule is CC(C)CCC(C)NC(=O)c1cc(N)cnc1Cl. The molecule has 0 bridgehead atoms. The fourth-order valence-electron chi connectivity index (χ4n) is 1.58. The van der Waals surface area contributed by atoms with Crippen molar-refractivity contribution in [3.63, 3.8) is 0 Å². The van der Waals surface area contributed by atoms with Crippen molar-refractivity contribution in [2.24, 2.45) is 5.92 Å². The fraction of sp³-hybridized carbons (Fsp3) is 0.538. The number of nitrogens with one attached hydrogen (secondary N) is 1. The van der Waals surface area contributed by atoms with Crippen molar-refractivity contribution in [2.45, 2.75) is 39.7 Å². The summed E-state index contributed by atoms with van der Waals surface area (Å²) in [7, 11) is 0. The molecule has 100 valence electrons. The smallest absolute Gasteiger partial charge is 0.254 e. The molecule has 0 aliphatic rings. The van der Waals surface area contributed by atoms with Crippen LogP contribution >= 0.6 is 11.6 Å². The minimum atomic E-state index is -0.226. The zero-order valence-corrected chi connectivity index (χ0v) is 11.8. The van der Waals surface area contributed by atoms with E-state index < -0.39 is 0 Å². The van der Waals surface area contributed by atoms with E-state index in [9.17, 15) is 4.79 Å². The van der Waals surface area contributed by atoms with Crippen LogP contribution in [-0.2, 0) is 0 Å². The molecule has 1 unspecified atom stereocenters. The summed E-state index contributed by atoms with van der Waals surface area (Å²) in [5.74, 6) is 0.401. The second-order valence-corrected chi connectivity index (χ2v) is 5.31. The largest absolute Gasteiger partial charge is 0.397 e. The third-order valence-corrected chi connectivity index (χ3v) is 2.96. The van der Waals surface area contributed by atoms with E-state index in [1.54, 1.807) is 6.07 Å². The number of aromatic nitrogens is 1. The highest BCUT2D eigenvalue weighted by Crippen LogP contribution is 2.16. The number of carbonyl (C=O) groups excluding carboxylic acids is 1. The molecule has 0 aliphatic heterocycles. The van der Waals surface area contributed by atoms with Gasteiger partial charge in [0.2, 0.25) is 0 Å². The first-order valence-electron chi connectivity index (χ1n) is 6.12. The summed E-state index contributed by atoms with van der Waals surface area (Å²) in [5.41, 5.74) is 6.35. The van der Waals surface area contributed by atoms with Gasteiger partial charge in [0, 0.05) is 6.04 Å². The van der Waals surface area contributed by atoms with Gasteiger partial charge in [-0.1, -0.05) is 25.4 Å². The summed E-state index contributed by atoms with van der Waals surface area (Å²) in [5, 5.41) is 3.08. The van der Waals surface area contributed by atoms with Crippen LogP contribution in [0.25, 0.3) is 0 Å². The van der Waals surface area contributed by atoms with Crippen molar-refractivity contribution in [1.82, 2.24) is 10.3 Å². The highest BCUT2D eigenvalue weighted by molar-refractivity contribution is 6.32. The molecule has 1 amide bonds. The molecule has 0 radical (unpaired) electrons. The molecule has 18 heavy (non-hydrogen) atoms. The van der Waals surface area contributed by atoms with Gasteiger partial charge in [0.15, 0.2) is 0 Å². The molecule has 4 nitrogen and oxygen atoms in total. The number of amides is 1. The molecule has 1 rings (SSSR count). The molecular formula is C13H20ClN3O. The highest BCUT2D eigenvalue weighted by atomic mass is 35.5. The molecule has 0 aliphatic carbocycles. The molecule has 0 saturated carbocycles. The standard InChI is InChI=1S/C13H20ClN3O/c1-8(2)4-5-9(3)17-13(18)11-6-10(15)7-16-12(11)14/h6-9H,4-5,15H2,1-3H3,(H,17,18). The predicted octanol–water partition coefficient (Wildman–Crippen LogP) is 2.87. The Hall–Kier alpha value is -1.29. The van der Waals surface area contributed by atoms with Gasteiger partial charge in [-0.25, -0.2) is 4.98 Å². The Labute approximate surface area is 113 Å². The second kappa shape index (κ2) is 6.59. The van der Waals surface area contributed by atoms with Crippen LogP contribution in [-0.4, -0.2) is 16.9 Å². The van der Waals surface area contributed by atoms with Gasteiger partial charge in [-0.15, -0.1) is 0 Å². The maximum Gasteiger partial charge on any atom is 0.254 e. The van der Waals surface area contributed by atoms with E-state index in [1.165, 1.54) is 6.20 Å². The normalized spacial score (nSPS) is 12.5. The lowest BCUT2D eigenvalue weighted by Gasteiger charge is -2.15. The first-order valence-corrected chi connectivity index (χ1v) is 6.49. The fourth-order valence-corrected chi connectivity index (χ4v) is 1.77. The first-order chi connectivity index (χ1) is 8.40. The summed E-state index contributed by atoms with van der Waals surface area (Å²) in [4.78, 5) is 15.8. The Balaban J connectivity index is 2.62. The van der Waals surface area contributed by atoms with Gasteiger partial charge in [0.1, 0.15) is 5.15 Å². The van der Waals surface area contributed by atoms with E-state index in [-0.39, 0.29) is 17.1 Å². The molecular weight excluding hydrogens is 250 g/mol. The van der Waals surface area contributed by atoms with Gasteiger partial charge < -0.3 is 11.1 Å². The van der Waals surface area contributed by atoms with Crippen molar-refractivity contribution >= 4 is 23.2 Å². The third-order valence-electron chi connectivity index (χ3n) is 2.66. The van der Waals surface area contributed by atoms with Crippen LogP contribution in [0.4, 0.5) is 5.69 Å². The Morgan fingerprint density at radius 3 is 2.72 bits per heavy atom. The average Bonchev–Trinajstić information content (AvgIpc) is 2.29. The van der Waals surface area contributed by atoms with E-state index in [4.69, 9.17) is 17.3 Å². The Kier molecular flexibility index (Phi) is 5.41. The lowest BCUT2D eigenvalue weighted by atomic mass is 10.0. The minimum Gasteiger partial charge on any atom is -0.397 e. The van der Waals surface area contributed by atoms with E-state index in [1.807, 2.05) is 6.92 Å². The predicted molar refractivity (Wildman–Crippen MR) is 74.7 cm³/mol. The van der Waals surface area contributed by atoms with Crippen LogP contribution in [0, 0.1) is 5.92 Å². The van der Waals surface area contributed by atoms with Gasteiger partial charge in [0.05, 0.1) is 17.4 Å². The first kappa shape index (κ1) is 14.8. The maximum absolute atomic E-state index is 12.0. The zero-order chi connectivity index (χ0) is 13.7. The van der Waals surface area contributed by atoms with E-state index >= 15 is 0 Å². The molecule has 1 aromatic heterocycles. The van der Waals surface area contributed by atoms with Crippen LogP contribution in [0.5, 0.6) is 0 Å². The topological polar surface area (TPSA) is 68.0 Å². The van der Waals surface area contributed by atoms with Crippen LogP contribution in [0.1, 0.15) is 44.0 Å². The van der Waals surface area contributed by atoms with E-state index in [0.717, 1.165) is 12.8 Å². The lowest BCUT2D eigenvalue weighted by molar-refractivity contribution is 0.0937. The molecule has 1 aromatic rings. The number of nitrogen functional groups attached to an aromatic ring is 1. The number of nitrogens with two attached hydrogens (primary N) is 1. The number of halogens is 1. The number of rotatable bonds is 5. The molecule has 0 spiro atoms. The molecule has 0 saturated heterocycles. The molecule has 1 atom stereocenters. The van der Waals surface area contributed by atoms with Crippen LogP contribution < -0.4 is 11.1 Å². The van der Waals surface area contributed by atoms with Gasteiger partial charge in [-0.2, -0.15) is 0 Å². The number of hydrogen-bond acceptors (Lipinski definition) is 3. The van der Waals surface area contributed by atoms with Gasteiger partial charge in [-0.05, 0) is 31.7 Å². The second-order valence-electron chi connectivity index (χ2n) is 4.95. The van der Waals surface area contributed by atoms with Crippen molar-refractivity contribution < 1.29 is 4.79 Å². The molecule has 0 aromatic carbocycles. The summed E-state index contributed by atoms with van der Waals surface area (Å²) < 4.78 is 0. The van der Waals surface area contributed by atoms with E-state index in [2.05, 4.69) is 24.1 Å². The zero-order valence-electron chi connectivity index (χ0n) is 11.0. The number of anilines is 1. The van der Waals surface area contributed by atoms with Gasteiger partial charge in [-0.3, -0.25) is 4.79 Å². The Morgan fingerprint density at radius 2 is 2.11 bits per heavy atom. The van der Waals surface area contributed by atoms with Crippen molar-refractivity contribution in [1.29, 1.82) is 0 Å². The number of nitrogens with zero attached hydrogens (tertiary/aromatic N) is 1.